The average molecular weight is 691 g/mol. The number of hydrogen-bond acceptors (Lipinski definition) is 8. The predicted octanol–water partition coefficient (Wildman–Crippen LogP) is 3.11. The molecule has 0 aliphatic carbocycles. The van der Waals surface area contributed by atoms with Crippen LogP contribution in [-0.4, -0.2) is 89.1 Å². The zero-order chi connectivity index (χ0) is 36.4. The lowest BCUT2D eigenvalue weighted by atomic mass is 9.93. The van der Waals surface area contributed by atoms with Gasteiger partial charge in [-0.1, -0.05) is 68.3 Å². The monoisotopic (exact) mass is 690 g/mol. The molecule has 4 rings (SSSR count). The zero-order valence-electron chi connectivity index (χ0n) is 29.5. The van der Waals surface area contributed by atoms with Gasteiger partial charge in [-0.15, -0.1) is 0 Å². The molecule has 6 N–H and O–H groups in total. The molecule has 3 aromatic rings. The van der Waals surface area contributed by atoms with E-state index in [1.165, 1.54) is 12.0 Å². The summed E-state index contributed by atoms with van der Waals surface area (Å²) in [6.45, 7) is 7.29. The summed E-state index contributed by atoms with van der Waals surface area (Å²) >= 11 is 0. The molecule has 0 unspecified atom stereocenters. The van der Waals surface area contributed by atoms with Crippen LogP contribution in [0.2, 0.25) is 0 Å². The second-order valence-corrected chi connectivity index (χ2v) is 13.7. The number of unbranched alkanes of at least 4 members (excludes halogenated alkanes) is 1. The first-order chi connectivity index (χ1) is 23.8. The fraction of sp³-hybridized carbons (Fsp3) is 0.486. The van der Waals surface area contributed by atoms with E-state index >= 15 is 0 Å². The van der Waals surface area contributed by atoms with Gasteiger partial charge in [0, 0.05) is 48.6 Å². The van der Waals surface area contributed by atoms with Gasteiger partial charge in [0.1, 0.15) is 17.7 Å². The number of esters is 1. The average Bonchev–Trinajstić information content (AvgIpc) is 3.48. The summed E-state index contributed by atoms with van der Waals surface area (Å²) in [7, 11) is 1.24. The van der Waals surface area contributed by atoms with Crippen LogP contribution in [0.25, 0.3) is 10.9 Å². The Hall–Kier alpha value is -4.91. The number of fused-ring (bicyclic) bond motifs is 1. The Morgan fingerprint density at radius 1 is 1.02 bits per heavy atom. The fourth-order valence-electron chi connectivity index (χ4n) is 6.27. The molecular weight excluding hydrogens is 640 g/mol. The summed E-state index contributed by atoms with van der Waals surface area (Å²) in [5, 5.41) is 10.1. The van der Waals surface area contributed by atoms with Crippen molar-refractivity contribution in [3.8, 4) is 0 Å². The van der Waals surface area contributed by atoms with Gasteiger partial charge < -0.3 is 35.7 Å². The highest BCUT2D eigenvalue weighted by Gasteiger charge is 2.43. The molecule has 13 heteroatoms. The molecule has 13 nitrogen and oxygen atoms in total. The summed E-state index contributed by atoms with van der Waals surface area (Å²) in [4.78, 5) is 71.0. The number of amides is 4. The minimum absolute atomic E-state index is 0.0399. The summed E-state index contributed by atoms with van der Waals surface area (Å²) in [6.07, 6.45) is 3.21. The van der Waals surface area contributed by atoms with Crippen molar-refractivity contribution in [2.24, 2.45) is 5.73 Å². The quantitative estimate of drug-likeness (QED) is 0.151. The Bertz CT molecular complexity index is 1640. The number of ether oxygens (including phenoxy) is 2. The Balaban J connectivity index is 1.65. The van der Waals surface area contributed by atoms with E-state index in [1.54, 1.807) is 20.8 Å². The maximum absolute atomic E-state index is 14.2. The number of methoxy groups -OCH3 is 1. The molecule has 2 heterocycles. The number of alkyl carbamates (subject to hydrolysis) is 1. The van der Waals surface area contributed by atoms with Crippen molar-refractivity contribution in [2.75, 3.05) is 13.7 Å². The van der Waals surface area contributed by atoms with Gasteiger partial charge in [0.2, 0.25) is 17.7 Å². The molecule has 2 aromatic carbocycles. The lowest BCUT2D eigenvalue weighted by molar-refractivity contribution is -0.150. The minimum atomic E-state index is -1.03. The second-order valence-electron chi connectivity index (χ2n) is 13.7. The van der Waals surface area contributed by atoms with Crippen molar-refractivity contribution in [2.45, 2.75) is 102 Å². The first-order valence-electron chi connectivity index (χ1n) is 17.1. The van der Waals surface area contributed by atoms with Crippen LogP contribution in [-0.2, 0) is 41.5 Å². The van der Waals surface area contributed by atoms with Crippen LogP contribution in [0.3, 0.4) is 0 Å². The van der Waals surface area contributed by atoms with Crippen molar-refractivity contribution in [3.05, 3.63) is 71.9 Å². The molecule has 0 spiro atoms. The number of carbonyl (C=O) groups excluding carboxylic acids is 5. The van der Waals surface area contributed by atoms with E-state index in [9.17, 15) is 24.0 Å². The molecule has 1 fully saturated rings. The maximum atomic E-state index is 14.2. The van der Waals surface area contributed by atoms with Crippen LogP contribution in [0.1, 0.15) is 64.5 Å². The molecule has 1 saturated heterocycles. The first-order valence-corrected chi connectivity index (χ1v) is 17.1. The first kappa shape index (κ1) is 37.9. The summed E-state index contributed by atoms with van der Waals surface area (Å²) in [5.41, 5.74) is 7.65. The molecule has 0 bridgehead atoms. The SMILES string of the molecule is CCCC[C@H](NC(=O)[C@H](Cc1c[nH]c2ccccc12)NC(=O)OC(C)(C)C)[C@H]1CN([C@@H](Cc2ccccc2)C(N)=O)C(=O)[C@H](CC(=O)OC)N1. The number of H-pyrrole nitrogens is 1. The highest BCUT2D eigenvalue weighted by atomic mass is 16.6. The number of piperazine rings is 1. The summed E-state index contributed by atoms with van der Waals surface area (Å²) in [6, 6.07) is 12.7. The predicted molar refractivity (Wildman–Crippen MR) is 189 cm³/mol. The largest absolute Gasteiger partial charge is 0.469 e. The van der Waals surface area contributed by atoms with E-state index in [-0.39, 0.29) is 25.8 Å². The number of benzene rings is 2. The number of primary amides is 1. The van der Waals surface area contributed by atoms with Gasteiger partial charge in [-0.25, -0.2) is 4.79 Å². The molecule has 270 valence electrons. The molecular formula is C37H50N6O7. The van der Waals surface area contributed by atoms with E-state index in [4.69, 9.17) is 15.2 Å². The number of nitrogens with two attached hydrogens (primary N) is 1. The Morgan fingerprint density at radius 3 is 2.38 bits per heavy atom. The summed E-state index contributed by atoms with van der Waals surface area (Å²) in [5.74, 6) is -2.21. The molecule has 4 amide bonds. The van der Waals surface area contributed by atoms with Crippen molar-refractivity contribution >= 4 is 40.7 Å². The third-order valence-corrected chi connectivity index (χ3v) is 8.75. The second kappa shape index (κ2) is 17.1. The van der Waals surface area contributed by atoms with Gasteiger partial charge in [0.15, 0.2) is 0 Å². The van der Waals surface area contributed by atoms with Gasteiger partial charge in [-0.05, 0) is 44.4 Å². The smallest absolute Gasteiger partial charge is 0.408 e. The molecule has 50 heavy (non-hydrogen) atoms. The lowest BCUT2D eigenvalue weighted by Crippen LogP contribution is -2.69. The topological polar surface area (TPSA) is 185 Å². The number of para-hydroxylation sites is 1. The van der Waals surface area contributed by atoms with Crippen LogP contribution in [0.15, 0.2) is 60.8 Å². The van der Waals surface area contributed by atoms with Gasteiger partial charge >= 0.3 is 12.1 Å². The normalized spacial score (nSPS) is 18.2. The Labute approximate surface area is 293 Å². The van der Waals surface area contributed by atoms with Crippen molar-refractivity contribution in [1.29, 1.82) is 0 Å². The van der Waals surface area contributed by atoms with E-state index in [0.29, 0.717) is 6.42 Å². The van der Waals surface area contributed by atoms with Crippen LogP contribution in [0, 0.1) is 0 Å². The third-order valence-electron chi connectivity index (χ3n) is 8.75. The van der Waals surface area contributed by atoms with E-state index in [0.717, 1.165) is 34.9 Å². The maximum Gasteiger partial charge on any atom is 0.408 e. The van der Waals surface area contributed by atoms with Crippen LogP contribution in [0.5, 0.6) is 0 Å². The number of carbonyl (C=O) groups is 5. The van der Waals surface area contributed by atoms with Gasteiger partial charge in [0.05, 0.1) is 19.6 Å². The summed E-state index contributed by atoms with van der Waals surface area (Å²) < 4.78 is 10.4. The number of rotatable bonds is 15. The number of nitrogens with zero attached hydrogens (tertiary/aromatic N) is 1. The number of aromatic nitrogens is 1. The standard InChI is InChI=1S/C37H50N6O7/c1-6-7-16-27(41-34(46)28(42-36(48)50-37(2,3)4)19-24-21-39-26-17-12-11-15-25(24)26)30-22-43(35(47)29(40-30)20-32(44)49-5)31(33(38)45)18-23-13-9-8-10-14-23/h8-15,17,21,27-31,39-40H,6-7,16,18-20,22H2,1-5H3,(H2,38,45)(H,41,46)(H,42,48)/t27-,28-,29-,30+,31-/m0/s1. The molecule has 5 atom stereocenters. The van der Waals surface area contributed by atoms with Gasteiger partial charge in [-0.2, -0.15) is 0 Å². The van der Waals surface area contributed by atoms with E-state index in [2.05, 4.69) is 20.9 Å². The van der Waals surface area contributed by atoms with E-state index < -0.39 is 65.6 Å². The Kier molecular flexibility index (Phi) is 13.0. The molecule has 0 radical (unpaired) electrons. The number of aromatic amines is 1. The third kappa shape index (κ3) is 10.3. The van der Waals surface area contributed by atoms with Crippen molar-refractivity contribution in [1.82, 2.24) is 25.8 Å². The molecule has 1 aliphatic rings. The number of hydrogen-bond donors (Lipinski definition) is 5. The zero-order valence-corrected chi connectivity index (χ0v) is 29.5. The highest BCUT2D eigenvalue weighted by Crippen LogP contribution is 2.22. The van der Waals surface area contributed by atoms with E-state index in [1.807, 2.05) is 67.7 Å². The van der Waals surface area contributed by atoms with Crippen LogP contribution >= 0.6 is 0 Å². The minimum Gasteiger partial charge on any atom is -0.469 e. The van der Waals surface area contributed by atoms with Crippen LogP contribution < -0.4 is 21.7 Å². The highest BCUT2D eigenvalue weighted by molar-refractivity contribution is 5.92. The van der Waals surface area contributed by atoms with Gasteiger partial charge in [-0.3, -0.25) is 24.5 Å². The van der Waals surface area contributed by atoms with Crippen LogP contribution in [0.4, 0.5) is 4.79 Å². The fourth-order valence-corrected chi connectivity index (χ4v) is 6.27. The Morgan fingerprint density at radius 2 is 1.72 bits per heavy atom. The molecule has 0 saturated carbocycles. The van der Waals surface area contributed by atoms with Crippen molar-refractivity contribution < 1.29 is 33.4 Å². The molecule has 1 aromatic heterocycles. The van der Waals surface area contributed by atoms with Crippen molar-refractivity contribution in [3.63, 3.8) is 0 Å². The molecule has 1 aliphatic heterocycles. The van der Waals surface area contributed by atoms with Gasteiger partial charge in [0.25, 0.3) is 0 Å². The number of nitrogens with one attached hydrogen (secondary N) is 4. The lowest BCUT2D eigenvalue weighted by Gasteiger charge is -2.44.